The summed E-state index contributed by atoms with van der Waals surface area (Å²) in [5.41, 5.74) is 0. The molecule has 0 aliphatic rings. The first-order valence-electron chi connectivity index (χ1n) is 2.69. The molecule has 0 N–H and O–H groups in total. The molecule has 0 fully saturated rings. The van der Waals surface area contributed by atoms with Crippen molar-refractivity contribution >= 4 is 47.2 Å². The normalized spacial score (nSPS) is 13.5. The molecule has 0 aliphatic carbocycles. The van der Waals surface area contributed by atoms with Crippen LogP contribution >= 0.6 is 30.6 Å². The fourth-order valence-corrected chi connectivity index (χ4v) is 10.6. The first-order valence-corrected chi connectivity index (χ1v) is 11.8. The quantitative estimate of drug-likeness (QED) is 0.534. The standard InChI is InChI=1S/C3H11Br2NSi2/c1-2-3-6(7-4)8-5/h2-3,7-8H2,1H3. The first-order chi connectivity index (χ1) is 3.85. The zero-order valence-electron chi connectivity index (χ0n) is 5.03. The van der Waals surface area contributed by atoms with Crippen LogP contribution in [0.25, 0.3) is 0 Å². The minimum atomic E-state index is -0.0224. The Hall–Kier alpha value is 1.35. The van der Waals surface area contributed by atoms with Crippen LogP contribution in [0.4, 0.5) is 0 Å². The highest BCUT2D eigenvalue weighted by atomic mass is 79.9. The largest absolute Gasteiger partial charge is 0.338 e. The van der Waals surface area contributed by atoms with E-state index in [-0.39, 0.29) is 16.6 Å². The van der Waals surface area contributed by atoms with Gasteiger partial charge < -0.3 is 4.23 Å². The van der Waals surface area contributed by atoms with Crippen molar-refractivity contribution in [2.24, 2.45) is 0 Å². The third kappa shape index (κ3) is 4.25. The SMILES string of the molecule is CCCN([SiH2]Br)[SiH2]Br. The minimum absolute atomic E-state index is 0.0224. The summed E-state index contributed by atoms with van der Waals surface area (Å²) in [5.74, 6) is 0. The molecule has 5 heteroatoms. The fourth-order valence-electron chi connectivity index (χ4n) is 0.468. The average molecular weight is 277 g/mol. The van der Waals surface area contributed by atoms with Crippen LogP contribution in [0.15, 0.2) is 0 Å². The molecule has 0 saturated heterocycles. The van der Waals surface area contributed by atoms with E-state index in [0.29, 0.717) is 0 Å². The van der Waals surface area contributed by atoms with Crippen LogP contribution in [-0.2, 0) is 0 Å². The van der Waals surface area contributed by atoms with Crippen molar-refractivity contribution in [3.63, 3.8) is 0 Å². The van der Waals surface area contributed by atoms with Crippen LogP contribution in [0.2, 0.25) is 0 Å². The van der Waals surface area contributed by atoms with Crippen molar-refractivity contribution in [1.82, 2.24) is 4.23 Å². The van der Waals surface area contributed by atoms with Crippen molar-refractivity contribution in [1.29, 1.82) is 0 Å². The van der Waals surface area contributed by atoms with E-state index in [1.165, 1.54) is 13.0 Å². The molecule has 50 valence electrons. The highest BCUT2D eigenvalue weighted by Crippen LogP contribution is 1.92. The molecule has 0 bridgehead atoms. The highest BCUT2D eigenvalue weighted by Gasteiger charge is 1.96. The Labute approximate surface area is 71.2 Å². The maximum Gasteiger partial charge on any atom is 0.164 e. The van der Waals surface area contributed by atoms with Gasteiger partial charge in [-0.3, -0.25) is 0 Å². The van der Waals surface area contributed by atoms with Gasteiger partial charge in [0.05, 0.1) is 0 Å². The Morgan fingerprint density at radius 1 is 1.38 bits per heavy atom. The lowest BCUT2D eigenvalue weighted by atomic mass is 10.5. The molecule has 0 aromatic carbocycles. The molecular formula is C3H11Br2NSi2. The zero-order chi connectivity index (χ0) is 6.41. The molecule has 0 aliphatic heterocycles. The molecule has 0 rings (SSSR count). The van der Waals surface area contributed by atoms with Crippen LogP contribution in [0.5, 0.6) is 0 Å². The number of nitrogens with zero attached hydrogens (tertiary/aromatic N) is 1. The van der Waals surface area contributed by atoms with Gasteiger partial charge in [0.2, 0.25) is 0 Å². The van der Waals surface area contributed by atoms with E-state index in [2.05, 4.69) is 41.7 Å². The van der Waals surface area contributed by atoms with Crippen molar-refractivity contribution in [3.8, 4) is 0 Å². The van der Waals surface area contributed by atoms with Gasteiger partial charge in [-0.25, -0.2) is 0 Å². The average Bonchev–Trinajstić information content (AvgIpc) is 1.83. The van der Waals surface area contributed by atoms with Gasteiger partial charge >= 0.3 is 0 Å². The summed E-state index contributed by atoms with van der Waals surface area (Å²) in [6, 6.07) is 0. The molecule has 8 heavy (non-hydrogen) atoms. The van der Waals surface area contributed by atoms with Crippen LogP contribution in [0.3, 0.4) is 0 Å². The van der Waals surface area contributed by atoms with Crippen molar-refractivity contribution in [2.75, 3.05) is 6.54 Å². The third-order valence-corrected chi connectivity index (χ3v) is 11.7. The second-order valence-corrected chi connectivity index (χ2v) is 7.80. The lowest BCUT2D eigenvalue weighted by Crippen LogP contribution is -2.25. The monoisotopic (exact) mass is 275 g/mol. The minimum Gasteiger partial charge on any atom is -0.338 e. The fraction of sp³-hybridized carbons (Fsp3) is 1.00. The first kappa shape index (κ1) is 9.35. The molecule has 0 aromatic rings. The van der Waals surface area contributed by atoms with Gasteiger partial charge in [-0.05, 0) is 13.0 Å². The molecule has 0 unspecified atom stereocenters. The van der Waals surface area contributed by atoms with Crippen molar-refractivity contribution < 1.29 is 0 Å². The molecule has 0 atom stereocenters. The Bertz CT molecular complexity index is 50.5. The van der Waals surface area contributed by atoms with Gasteiger partial charge in [0, 0.05) is 0 Å². The number of hydrogen-bond donors (Lipinski definition) is 0. The number of hydrogen-bond acceptors (Lipinski definition) is 1. The smallest absolute Gasteiger partial charge is 0.164 e. The predicted octanol–water partition coefficient (Wildman–Crippen LogP) is 0.486. The molecular weight excluding hydrogens is 266 g/mol. The molecule has 0 radical (unpaired) electrons. The van der Waals surface area contributed by atoms with Crippen LogP contribution < -0.4 is 0 Å². The van der Waals surface area contributed by atoms with E-state index < -0.39 is 0 Å². The van der Waals surface area contributed by atoms with Gasteiger partial charge in [-0.2, -0.15) is 0 Å². The van der Waals surface area contributed by atoms with Crippen LogP contribution in [-0.4, -0.2) is 27.4 Å². The van der Waals surface area contributed by atoms with E-state index in [1.54, 1.807) is 0 Å². The zero-order valence-corrected chi connectivity index (χ0v) is 11.0. The molecule has 0 spiro atoms. The van der Waals surface area contributed by atoms with Gasteiger partial charge in [-0.1, -0.05) is 6.92 Å². The van der Waals surface area contributed by atoms with E-state index in [9.17, 15) is 0 Å². The summed E-state index contributed by atoms with van der Waals surface area (Å²) >= 11 is 7.09. The van der Waals surface area contributed by atoms with Crippen molar-refractivity contribution in [2.45, 2.75) is 13.3 Å². The topological polar surface area (TPSA) is 3.24 Å². The summed E-state index contributed by atoms with van der Waals surface area (Å²) in [4.78, 5) is 0. The van der Waals surface area contributed by atoms with Gasteiger partial charge in [0.1, 0.15) is 0 Å². The molecule has 0 amide bonds. The third-order valence-electron chi connectivity index (χ3n) is 0.878. The predicted molar refractivity (Wildman–Crippen MR) is 51.9 cm³/mol. The molecule has 0 aromatic heterocycles. The Morgan fingerprint density at radius 2 is 1.88 bits per heavy atom. The Kier molecular flexibility index (Phi) is 7.57. The Balaban J connectivity index is 3.07. The van der Waals surface area contributed by atoms with Gasteiger partial charge in [0.25, 0.3) is 0 Å². The van der Waals surface area contributed by atoms with E-state index >= 15 is 0 Å². The van der Waals surface area contributed by atoms with Gasteiger partial charge in [-0.15, -0.1) is 30.6 Å². The summed E-state index contributed by atoms with van der Waals surface area (Å²) in [6.45, 7) is 3.51. The maximum atomic E-state index is 3.55. The second kappa shape index (κ2) is 6.47. The number of rotatable bonds is 4. The summed E-state index contributed by atoms with van der Waals surface area (Å²) in [7, 11) is -0.0447. The summed E-state index contributed by atoms with van der Waals surface area (Å²) in [6.07, 6.45) is 1.29. The molecule has 0 saturated carbocycles. The van der Waals surface area contributed by atoms with Crippen LogP contribution in [0.1, 0.15) is 13.3 Å². The Morgan fingerprint density at radius 3 is 2.00 bits per heavy atom. The summed E-state index contributed by atoms with van der Waals surface area (Å²) in [5, 5.41) is 0. The highest BCUT2D eigenvalue weighted by molar-refractivity contribution is 9.24. The van der Waals surface area contributed by atoms with Crippen molar-refractivity contribution in [3.05, 3.63) is 0 Å². The summed E-state index contributed by atoms with van der Waals surface area (Å²) < 4.78 is 2.54. The van der Waals surface area contributed by atoms with E-state index in [0.717, 1.165) is 0 Å². The maximum absolute atomic E-state index is 3.55. The van der Waals surface area contributed by atoms with E-state index in [4.69, 9.17) is 0 Å². The van der Waals surface area contributed by atoms with E-state index in [1.807, 2.05) is 0 Å². The lowest BCUT2D eigenvalue weighted by Gasteiger charge is -2.13. The second-order valence-electron chi connectivity index (χ2n) is 1.63. The lowest BCUT2D eigenvalue weighted by molar-refractivity contribution is 0.671. The molecule has 1 nitrogen and oxygen atoms in total. The van der Waals surface area contributed by atoms with Gasteiger partial charge in [0.15, 0.2) is 16.6 Å². The molecule has 0 heterocycles. The van der Waals surface area contributed by atoms with Crippen LogP contribution in [0, 0.1) is 0 Å². The number of halogens is 2.